The molecule has 0 radical (unpaired) electrons. The highest BCUT2D eigenvalue weighted by Gasteiger charge is 2.32. The lowest BCUT2D eigenvalue weighted by Gasteiger charge is -2.29. The van der Waals surface area contributed by atoms with E-state index in [2.05, 4.69) is 5.32 Å². The third-order valence-electron chi connectivity index (χ3n) is 3.14. The van der Waals surface area contributed by atoms with Crippen molar-refractivity contribution in [2.75, 3.05) is 36.5 Å². The minimum Gasteiger partial charge on any atom is -0.378 e. The van der Waals surface area contributed by atoms with Crippen molar-refractivity contribution in [2.24, 2.45) is 0 Å². The van der Waals surface area contributed by atoms with Crippen LogP contribution in [0.2, 0.25) is 0 Å². The number of nitrogens with zero attached hydrogens (tertiary/aromatic N) is 2. The average Bonchev–Trinajstić information content (AvgIpc) is 2.47. The smallest absolute Gasteiger partial charge is 0.378 e. The molecule has 1 aliphatic heterocycles. The van der Waals surface area contributed by atoms with E-state index in [0.29, 0.717) is 32.0 Å². The van der Waals surface area contributed by atoms with E-state index in [1.165, 1.54) is 6.07 Å². The maximum atomic E-state index is 13.0. The van der Waals surface area contributed by atoms with Gasteiger partial charge in [-0.25, -0.2) is 0 Å². The number of amides is 1. The molecule has 0 atom stereocenters. The predicted octanol–water partition coefficient (Wildman–Crippen LogP) is 2.39. The first kappa shape index (κ1) is 16.1. The molecule has 1 amide bonds. The number of carbonyl (C=O) groups is 1. The minimum absolute atomic E-state index is 0.0246. The van der Waals surface area contributed by atoms with Crippen LogP contribution < -0.4 is 10.2 Å². The van der Waals surface area contributed by atoms with Crippen molar-refractivity contribution < 1.29 is 22.7 Å². The predicted molar refractivity (Wildman–Crippen MR) is 73.3 cm³/mol. The standard InChI is InChI=1S/C14H14F3N3O2/c15-14(16,17)10-7-11(19-13(21)1-2-18)9-12(8-10)20-3-5-22-6-4-20/h7-9H,1,3-6H2,(H,19,21). The van der Waals surface area contributed by atoms with Crippen molar-refractivity contribution in [3.63, 3.8) is 0 Å². The normalized spacial score (nSPS) is 15.3. The van der Waals surface area contributed by atoms with Crippen LogP contribution >= 0.6 is 0 Å². The Morgan fingerprint density at radius 1 is 1.32 bits per heavy atom. The van der Waals surface area contributed by atoms with Gasteiger partial charge >= 0.3 is 6.18 Å². The van der Waals surface area contributed by atoms with Crippen LogP contribution in [0.25, 0.3) is 0 Å². The lowest BCUT2D eigenvalue weighted by atomic mass is 10.1. The van der Waals surface area contributed by atoms with Crippen LogP contribution in [0, 0.1) is 11.3 Å². The van der Waals surface area contributed by atoms with Crippen molar-refractivity contribution in [3.05, 3.63) is 23.8 Å². The van der Waals surface area contributed by atoms with Gasteiger partial charge in [-0.1, -0.05) is 0 Å². The van der Waals surface area contributed by atoms with Crippen LogP contribution in [-0.2, 0) is 15.7 Å². The van der Waals surface area contributed by atoms with Crippen molar-refractivity contribution in [1.29, 1.82) is 5.26 Å². The summed E-state index contributed by atoms with van der Waals surface area (Å²) in [4.78, 5) is 13.2. The van der Waals surface area contributed by atoms with Crippen LogP contribution in [0.15, 0.2) is 18.2 Å². The van der Waals surface area contributed by atoms with Gasteiger partial charge in [-0.05, 0) is 18.2 Å². The summed E-state index contributed by atoms with van der Waals surface area (Å²) in [6.45, 7) is 1.83. The maximum absolute atomic E-state index is 13.0. The Morgan fingerprint density at radius 2 is 2.00 bits per heavy atom. The van der Waals surface area contributed by atoms with E-state index in [-0.39, 0.29) is 5.69 Å². The number of alkyl halides is 3. The number of nitriles is 1. The minimum atomic E-state index is -4.52. The summed E-state index contributed by atoms with van der Waals surface area (Å²) >= 11 is 0. The second-order valence-corrected chi connectivity index (χ2v) is 4.75. The summed E-state index contributed by atoms with van der Waals surface area (Å²) in [5, 5.41) is 10.8. The monoisotopic (exact) mass is 313 g/mol. The molecule has 1 heterocycles. The van der Waals surface area contributed by atoms with E-state index < -0.39 is 24.1 Å². The van der Waals surface area contributed by atoms with Gasteiger partial charge < -0.3 is 15.0 Å². The van der Waals surface area contributed by atoms with Crippen LogP contribution in [0.4, 0.5) is 24.5 Å². The number of carbonyl (C=O) groups excluding carboxylic acids is 1. The number of morpholine rings is 1. The highest BCUT2D eigenvalue weighted by molar-refractivity contribution is 5.92. The summed E-state index contributed by atoms with van der Waals surface area (Å²) in [7, 11) is 0. The van der Waals surface area contributed by atoms with E-state index in [4.69, 9.17) is 10.00 Å². The Labute approximate surface area is 125 Å². The van der Waals surface area contributed by atoms with Crippen molar-refractivity contribution in [3.8, 4) is 6.07 Å². The van der Waals surface area contributed by atoms with Crippen molar-refractivity contribution in [1.82, 2.24) is 0 Å². The lowest BCUT2D eigenvalue weighted by molar-refractivity contribution is -0.137. The van der Waals surface area contributed by atoms with E-state index in [0.717, 1.165) is 12.1 Å². The Kier molecular flexibility index (Phi) is 4.88. The summed E-state index contributed by atoms with van der Waals surface area (Å²) < 4.78 is 44.2. The molecule has 0 aliphatic carbocycles. The first-order valence-electron chi connectivity index (χ1n) is 6.62. The maximum Gasteiger partial charge on any atom is 0.416 e. The molecule has 22 heavy (non-hydrogen) atoms. The molecule has 1 N–H and O–H groups in total. The first-order valence-corrected chi connectivity index (χ1v) is 6.62. The number of hydrogen-bond acceptors (Lipinski definition) is 4. The van der Waals surface area contributed by atoms with E-state index in [1.54, 1.807) is 11.0 Å². The summed E-state index contributed by atoms with van der Waals surface area (Å²) in [6, 6.07) is 5.02. The third kappa shape index (κ3) is 4.11. The fraction of sp³-hybridized carbons (Fsp3) is 0.429. The molecular formula is C14H14F3N3O2. The Hall–Kier alpha value is -2.27. The van der Waals surface area contributed by atoms with Gasteiger partial charge in [-0.3, -0.25) is 4.79 Å². The summed E-state index contributed by atoms with van der Waals surface area (Å²) in [5.41, 5.74) is -0.453. The van der Waals surface area contributed by atoms with E-state index in [9.17, 15) is 18.0 Å². The molecule has 0 spiro atoms. The Balaban J connectivity index is 2.32. The van der Waals surface area contributed by atoms with Crippen LogP contribution in [-0.4, -0.2) is 32.2 Å². The fourth-order valence-corrected chi connectivity index (χ4v) is 2.13. The van der Waals surface area contributed by atoms with Gasteiger partial charge in [0.1, 0.15) is 6.42 Å². The van der Waals surface area contributed by atoms with Crippen molar-refractivity contribution >= 4 is 17.3 Å². The van der Waals surface area contributed by atoms with Gasteiger partial charge in [0.05, 0.1) is 24.8 Å². The molecular weight excluding hydrogens is 299 g/mol. The number of nitrogens with one attached hydrogen (secondary N) is 1. The lowest BCUT2D eigenvalue weighted by Crippen LogP contribution is -2.36. The molecule has 1 fully saturated rings. The molecule has 1 aromatic carbocycles. The Bertz CT molecular complexity index is 590. The fourth-order valence-electron chi connectivity index (χ4n) is 2.13. The molecule has 5 nitrogen and oxygen atoms in total. The number of ether oxygens (including phenoxy) is 1. The summed E-state index contributed by atoms with van der Waals surface area (Å²) in [6.07, 6.45) is -4.93. The van der Waals surface area contributed by atoms with Gasteiger partial charge in [-0.15, -0.1) is 0 Å². The second kappa shape index (κ2) is 6.66. The van der Waals surface area contributed by atoms with Gasteiger partial charge in [-0.2, -0.15) is 18.4 Å². The largest absolute Gasteiger partial charge is 0.416 e. The van der Waals surface area contributed by atoms with Crippen LogP contribution in [0.3, 0.4) is 0 Å². The number of rotatable bonds is 3. The highest BCUT2D eigenvalue weighted by atomic mass is 19.4. The Morgan fingerprint density at radius 3 is 2.59 bits per heavy atom. The second-order valence-electron chi connectivity index (χ2n) is 4.75. The number of halogens is 3. The third-order valence-corrected chi connectivity index (χ3v) is 3.14. The molecule has 1 saturated heterocycles. The molecule has 118 valence electrons. The molecule has 1 aromatic rings. The zero-order valence-electron chi connectivity index (χ0n) is 11.6. The highest BCUT2D eigenvalue weighted by Crippen LogP contribution is 2.34. The van der Waals surface area contributed by atoms with Crippen LogP contribution in [0.5, 0.6) is 0 Å². The van der Waals surface area contributed by atoms with E-state index in [1.807, 2.05) is 0 Å². The van der Waals surface area contributed by atoms with Gasteiger partial charge in [0.2, 0.25) is 5.91 Å². The molecule has 8 heteroatoms. The summed E-state index contributed by atoms with van der Waals surface area (Å²) in [5.74, 6) is -0.644. The first-order chi connectivity index (χ1) is 10.4. The zero-order chi connectivity index (χ0) is 16.2. The molecule has 0 unspecified atom stereocenters. The van der Waals surface area contributed by atoms with Crippen molar-refractivity contribution in [2.45, 2.75) is 12.6 Å². The van der Waals surface area contributed by atoms with Gasteiger partial charge in [0, 0.05) is 24.5 Å². The number of hydrogen-bond donors (Lipinski definition) is 1. The quantitative estimate of drug-likeness (QED) is 0.930. The zero-order valence-corrected chi connectivity index (χ0v) is 11.6. The molecule has 0 saturated carbocycles. The van der Waals surface area contributed by atoms with E-state index >= 15 is 0 Å². The number of benzene rings is 1. The molecule has 2 rings (SSSR count). The van der Waals surface area contributed by atoms with Gasteiger partial charge in [0.15, 0.2) is 0 Å². The van der Waals surface area contributed by atoms with Crippen LogP contribution in [0.1, 0.15) is 12.0 Å². The molecule has 0 bridgehead atoms. The molecule has 0 aromatic heterocycles. The molecule has 1 aliphatic rings. The average molecular weight is 313 g/mol. The SMILES string of the molecule is N#CCC(=O)Nc1cc(N2CCOCC2)cc(C(F)(F)F)c1. The number of anilines is 2. The van der Waals surface area contributed by atoms with Gasteiger partial charge in [0.25, 0.3) is 0 Å². The topological polar surface area (TPSA) is 65.4 Å².